The molecule has 0 aliphatic rings. The Morgan fingerprint density at radius 3 is 2.70 bits per heavy atom. The lowest BCUT2D eigenvalue weighted by molar-refractivity contribution is 0.510. The molecule has 1 atom stereocenters. The van der Waals surface area contributed by atoms with Crippen molar-refractivity contribution in [2.24, 2.45) is 22.4 Å². The Hall–Kier alpha value is -1.78. The highest BCUT2D eigenvalue weighted by Gasteiger charge is 2.14. The summed E-state index contributed by atoms with van der Waals surface area (Å²) in [6, 6.07) is 3.96. The molecule has 0 bridgehead atoms. The lowest BCUT2D eigenvalue weighted by Gasteiger charge is -2.28. The maximum Gasteiger partial charge on any atom is 0.192 e. The van der Waals surface area contributed by atoms with E-state index in [2.05, 4.69) is 35.6 Å². The summed E-state index contributed by atoms with van der Waals surface area (Å²) in [7, 11) is 0. The van der Waals surface area contributed by atoms with Crippen LogP contribution in [0, 0.1) is 5.92 Å². The summed E-state index contributed by atoms with van der Waals surface area (Å²) in [5.41, 5.74) is 12.0. The molecule has 5 heteroatoms. The number of rotatable bonds is 8. The van der Waals surface area contributed by atoms with E-state index in [0.717, 1.165) is 25.2 Å². The van der Waals surface area contributed by atoms with Crippen molar-refractivity contribution in [2.45, 2.75) is 40.0 Å². The van der Waals surface area contributed by atoms with Crippen molar-refractivity contribution in [1.82, 2.24) is 4.98 Å². The predicted molar refractivity (Wildman–Crippen MR) is 86.3 cm³/mol. The molecule has 0 fully saturated rings. The van der Waals surface area contributed by atoms with Crippen LogP contribution >= 0.6 is 0 Å². The predicted octanol–water partition coefficient (Wildman–Crippen LogP) is 2.64. The van der Waals surface area contributed by atoms with Crippen LogP contribution in [0.5, 0.6) is 0 Å². The standard InChI is InChI=1S/C15H27N5/c1-4-7-12(3)11-20(10-5-2)13-8-6-9-18-14(13)19-15(16)17/h6,8-9,12H,4-5,7,10-11H2,1-3H3,(H4,16,17,18,19). The third kappa shape index (κ3) is 5.07. The second kappa shape index (κ2) is 8.40. The molecule has 0 aliphatic carbocycles. The average Bonchev–Trinajstić information content (AvgIpc) is 2.38. The average molecular weight is 277 g/mol. The van der Waals surface area contributed by atoms with Crippen molar-refractivity contribution in [3.05, 3.63) is 18.3 Å². The molecule has 20 heavy (non-hydrogen) atoms. The molecule has 0 aliphatic heterocycles. The van der Waals surface area contributed by atoms with Gasteiger partial charge >= 0.3 is 0 Å². The van der Waals surface area contributed by atoms with Gasteiger partial charge in [-0.3, -0.25) is 0 Å². The van der Waals surface area contributed by atoms with Gasteiger partial charge in [0.25, 0.3) is 0 Å². The largest absolute Gasteiger partial charge is 0.370 e. The second-order valence-electron chi connectivity index (χ2n) is 5.22. The van der Waals surface area contributed by atoms with E-state index in [1.54, 1.807) is 6.20 Å². The topological polar surface area (TPSA) is 80.5 Å². The third-order valence-corrected chi connectivity index (χ3v) is 3.15. The molecule has 1 heterocycles. The van der Waals surface area contributed by atoms with Crippen LogP contribution in [0.25, 0.3) is 0 Å². The van der Waals surface area contributed by atoms with Gasteiger partial charge in [-0.1, -0.05) is 27.2 Å². The van der Waals surface area contributed by atoms with Crippen LogP contribution in [-0.4, -0.2) is 24.0 Å². The fourth-order valence-corrected chi connectivity index (χ4v) is 2.38. The highest BCUT2D eigenvalue weighted by atomic mass is 15.2. The molecule has 1 aromatic rings. The molecule has 0 spiro atoms. The number of aliphatic imine (C=N–C) groups is 1. The van der Waals surface area contributed by atoms with Crippen molar-refractivity contribution < 1.29 is 0 Å². The number of guanidine groups is 1. The van der Waals surface area contributed by atoms with E-state index < -0.39 is 0 Å². The molecule has 5 nitrogen and oxygen atoms in total. The number of hydrogen-bond acceptors (Lipinski definition) is 3. The summed E-state index contributed by atoms with van der Waals surface area (Å²) in [6.07, 6.45) is 5.22. The fraction of sp³-hybridized carbons (Fsp3) is 0.600. The normalized spacial score (nSPS) is 11.9. The van der Waals surface area contributed by atoms with E-state index in [0.29, 0.717) is 11.7 Å². The van der Waals surface area contributed by atoms with Crippen LogP contribution in [0.1, 0.15) is 40.0 Å². The lowest BCUT2D eigenvalue weighted by Crippen LogP contribution is -2.30. The zero-order valence-corrected chi connectivity index (χ0v) is 12.8. The Morgan fingerprint density at radius 1 is 1.35 bits per heavy atom. The van der Waals surface area contributed by atoms with Crippen LogP contribution in [0.3, 0.4) is 0 Å². The monoisotopic (exact) mass is 277 g/mol. The quantitative estimate of drug-likeness (QED) is 0.565. The van der Waals surface area contributed by atoms with Crippen LogP contribution in [0.2, 0.25) is 0 Å². The van der Waals surface area contributed by atoms with E-state index in [9.17, 15) is 0 Å². The number of nitrogens with zero attached hydrogens (tertiary/aromatic N) is 3. The second-order valence-corrected chi connectivity index (χ2v) is 5.22. The first-order chi connectivity index (χ1) is 9.58. The molecule has 0 amide bonds. The zero-order chi connectivity index (χ0) is 15.0. The minimum Gasteiger partial charge on any atom is -0.370 e. The molecule has 1 aromatic heterocycles. The number of nitrogens with two attached hydrogens (primary N) is 2. The molecule has 1 unspecified atom stereocenters. The number of anilines is 1. The maximum atomic E-state index is 5.49. The third-order valence-electron chi connectivity index (χ3n) is 3.15. The van der Waals surface area contributed by atoms with Crippen LogP contribution in [0.15, 0.2) is 23.3 Å². The molecule has 112 valence electrons. The van der Waals surface area contributed by atoms with Crippen molar-refractivity contribution in [2.75, 3.05) is 18.0 Å². The van der Waals surface area contributed by atoms with E-state index >= 15 is 0 Å². The summed E-state index contributed by atoms with van der Waals surface area (Å²) >= 11 is 0. The molecule has 1 rings (SSSR count). The van der Waals surface area contributed by atoms with E-state index in [1.807, 2.05) is 12.1 Å². The Bertz CT molecular complexity index is 426. The number of aromatic nitrogens is 1. The highest BCUT2D eigenvalue weighted by molar-refractivity contribution is 5.81. The summed E-state index contributed by atoms with van der Waals surface area (Å²) < 4.78 is 0. The molecule has 0 radical (unpaired) electrons. The minimum atomic E-state index is 0.0444. The SMILES string of the molecule is CCCC(C)CN(CCC)c1cccnc1N=C(N)N. The van der Waals surface area contributed by atoms with Gasteiger partial charge in [-0.05, 0) is 30.9 Å². The van der Waals surface area contributed by atoms with E-state index in [4.69, 9.17) is 11.5 Å². The molecule has 4 N–H and O–H groups in total. The van der Waals surface area contributed by atoms with Gasteiger partial charge in [-0.2, -0.15) is 4.99 Å². The lowest BCUT2D eigenvalue weighted by atomic mass is 10.1. The number of pyridine rings is 1. The van der Waals surface area contributed by atoms with Crippen LogP contribution in [0.4, 0.5) is 11.5 Å². The van der Waals surface area contributed by atoms with Gasteiger partial charge in [0, 0.05) is 19.3 Å². The van der Waals surface area contributed by atoms with Crippen molar-refractivity contribution in [1.29, 1.82) is 0 Å². The smallest absolute Gasteiger partial charge is 0.192 e. The van der Waals surface area contributed by atoms with Gasteiger partial charge in [0.05, 0.1) is 5.69 Å². The summed E-state index contributed by atoms with van der Waals surface area (Å²) in [5, 5.41) is 0. The first-order valence-electron chi connectivity index (χ1n) is 7.38. The van der Waals surface area contributed by atoms with Gasteiger partial charge in [-0.15, -0.1) is 0 Å². The van der Waals surface area contributed by atoms with Crippen molar-refractivity contribution in [3.63, 3.8) is 0 Å². The van der Waals surface area contributed by atoms with Crippen molar-refractivity contribution in [3.8, 4) is 0 Å². The Kier molecular flexibility index (Phi) is 6.84. The Labute approximate surface area is 122 Å². The molecular weight excluding hydrogens is 250 g/mol. The molecular formula is C15H27N5. The van der Waals surface area contributed by atoms with E-state index in [1.165, 1.54) is 12.8 Å². The first-order valence-corrected chi connectivity index (χ1v) is 7.38. The van der Waals surface area contributed by atoms with Gasteiger partial charge in [0.2, 0.25) is 0 Å². The van der Waals surface area contributed by atoms with Crippen molar-refractivity contribution >= 4 is 17.5 Å². The first kappa shape index (κ1) is 16.3. The van der Waals surface area contributed by atoms with Gasteiger partial charge in [0.15, 0.2) is 11.8 Å². The maximum absolute atomic E-state index is 5.49. The minimum absolute atomic E-state index is 0.0444. The molecule has 0 aromatic carbocycles. The Morgan fingerprint density at radius 2 is 2.10 bits per heavy atom. The van der Waals surface area contributed by atoms with Gasteiger partial charge in [0.1, 0.15) is 0 Å². The number of hydrogen-bond donors (Lipinski definition) is 2. The fourth-order valence-electron chi connectivity index (χ4n) is 2.38. The van der Waals surface area contributed by atoms with Crippen LogP contribution < -0.4 is 16.4 Å². The Balaban J connectivity index is 2.99. The molecule has 0 saturated carbocycles. The highest BCUT2D eigenvalue weighted by Crippen LogP contribution is 2.27. The summed E-state index contributed by atoms with van der Waals surface area (Å²) in [4.78, 5) is 10.7. The van der Waals surface area contributed by atoms with Gasteiger partial charge < -0.3 is 16.4 Å². The van der Waals surface area contributed by atoms with Crippen LogP contribution in [-0.2, 0) is 0 Å². The molecule has 0 saturated heterocycles. The van der Waals surface area contributed by atoms with Gasteiger partial charge in [-0.25, -0.2) is 4.98 Å². The summed E-state index contributed by atoms with van der Waals surface area (Å²) in [6.45, 7) is 8.65. The van der Waals surface area contributed by atoms with E-state index in [-0.39, 0.29) is 5.96 Å². The zero-order valence-electron chi connectivity index (χ0n) is 12.8. The summed E-state index contributed by atoms with van der Waals surface area (Å²) in [5.74, 6) is 1.28.